The fraction of sp³-hybridized carbons (Fsp3) is 0.296. The number of nitrogens with zero attached hydrogens (tertiary/aromatic N) is 1. The Kier molecular flexibility index (Phi) is 5.45. The molecule has 2 fully saturated rings. The van der Waals surface area contributed by atoms with Gasteiger partial charge in [-0.15, -0.1) is 0 Å². The average Bonchev–Trinajstić information content (AvgIpc) is 3.09. The van der Waals surface area contributed by atoms with E-state index < -0.39 is 23.7 Å². The van der Waals surface area contributed by atoms with E-state index in [1.54, 1.807) is 4.90 Å². The molecule has 1 aliphatic heterocycles. The second-order valence-electron chi connectivity index (χ2n) is 8.70. The monoisotopic (exact) mass is 429 g/mol. The van der Waals surface area contributed by atoms with Crippen LogP contribution in [0.3, 0.4) is 0 Å². The van der Waals surface area contributed by atoms with Crippen molar-refractivity contribution in [2.75, 3.05) is 6.61 Å². The van der Waals surface area contributed by atoms with Crippen molar-refractivity contribution in [3.05, 3.63) is 108 Å². The first kappa shape index (κ1) is 20.7. The number of amides is 1. The standard InChI is InChI=1S/C27H27NO4/c29-17-23-27(21-14-8-3-9-15-21)16-22(30)24(27)25(20-12-6-2-7-13-20)28(23)26(31)32-18-19-10-4-1-5-11-19/h1-15,22-25,29-30H,16-18H2/t22-,23+,24+,25-,27+/m0/s1. The molecule has 3 aromatic rings. The maximum absolute atomic E-state index is 13.5. The zero-order valence-electron chi connectivity index (χ0n) is 17.7. The molecular formula is C27H27NO4. The van der Waals surface area contributed by atoms with Crippen molar-refractivity contribution < 1.29 is 19.7 Å². The molecule has 1 saturated carbocycles. The molecule has 1 heterocycles. The van der Waals surface area contributed by atoms with Crippen LogP contribution >= 0.6 is 0 Å². The number of hydrogen-bond donors (Lipinski definition) is 2. The second-order valence-corrected chi connectivity index (χ2v) is 8.70. The minimum atomic E-state index is -0.568. The van der Waals surface area contributed by atoms with Gasteiger partial charge in [-0.2, -0.15) is 0 Å². The van der Waals surface area contributed by atoms with Crippen molar-refractivity contribution in [2.45, 2.75) is 36.6 Å². The molecule has 3 aromatic carbocycles. The van der Waals surface area contributed by atoms with Crippen molar-refractivity contribution in [1.29, 1.82) is 0 Å². The molecule has 5 nitrogen and oxygen atoms in total. The summed E-state index contributed by atoms with van der Waals surface area (Å²) in [5, 5.41) is 21.5. The van der Waals surface area contributed by atoms with E-state index >= 15 is 0 Å². The van der Waals surface area contributed by atoms with Crippen LogP contribution in [0.2, 0.25) is 0 Å². The van der Waals surface area contributed by atoms with Crippen LogP contribution in [0.1, 0.15) is 29.2 Å². The fourth-order valence-corrected chi connectivity index (χ4v) is 5.81. The Hall–Kier alpha value is -3.15. The smallest absolute Gasteiger partial charge is 0.410 e. The van der Waals surface area contributed by atoms with E-state index in [0.29, 0.717) is 6.42 Å². The predicted octanol–water partition coefficient (Wildman–Crippen LogP) is 4.06. The summed E-state index contributed by atoms with van der Waals surface area (Å²) in [5.74, 6) is -0.228. The molecule has 2 aliphatic rings. The SMILES string of the molecule is O=C(OCc1ccccc1)N1[C@@H](c2ccccc2)[C@H]2[C@@H](O)C[C@@]2(c2ccccc2)[C@H]1CO. The number of carbonyl (C=O) groups excluding carboxylic acids is 1. The van der Waals surface area contributed by atoms with Crippen LogP contribution in [0.15, 0.2) is 91.0 Å². The molecule has 32 heavy (non-hydrogen) atoms. The Labute approximate surface area is 187 Å². The first-order valence-corrected chi connectivity index (χ1v) is 11.0. The van der Waals surface area contributed by atoms with Gasteiger partial charge in [-0.05, 0) is 23.1 Å². The van der Waals surface area contributed by atoms with E-state index in [9.17, 15) is 15.0 Å². The zero-order chi connectivity index (χ0) is 22.1. The van der Waals surface area contributed by atoms with Gasteiger partial charge in [-0.3, -0.25) is 4.90 Å². The molecule has 5 atom stereocenters. The second kappa shape index (κ2) is 8.41. The highest BCUT2D eigenvalue weighted by Crippen LogP contribution is 2.64. The van der Waals surface area contributed by atoms with E-state index in [1.165, 1.54) is 0 Å². The number of rotatable bonds is 5. The third-order valence-electron chi connectivity index (χ3n) is 7.17. The number of aliphatic hydroxyl groups is 2. The van der Waals surface area contributed by atoms with Crippen molar-refractivity contribution in [3.8, 4) is 0 Å². The number of carbonyl (C=O) groups is 1. The lowest BCUT2D eigenvalue weighted by molar-refractivity contribution is -0.0566. The van der Waals surface area contributed by atoms with Crippen LogP contribution in [-0.2, 0) is 16.8 Å². The quantitative estimate of drug-likeness (QED) is 0.642. The number of benzene rings is 3. The number of ether oxygens (including phenoxy) is 1. The van der Waals surface area contributed by atoms with Gasteiger partial charge >= 0.3 is 6.09 Å². The summed E-state index contributed by atoms with van der Waals surface area (Å²) in [4.78, 5) is 15.2. The van der Waals surface area contributed by atoms with E-state index in [-0.39, 0.29) is 25.2 Å². The number of likely N-dealkylation sites (tertiary alicyclic amines) is 1. The molecule has 164 valence electrons. The summed E-state index contributed by atoms with van der Waals surface area (Å²) < 4.78 is 5.73. The third kappa shape index (κ3) is 3.20. The number of hydrogen-bond acceptors (Lipinski definition) is 4. The van der Waals surface area contributed by atoms with Crippen LogP contribution in [0, 0.1) is 5.92 Å². The van der Waals surface area contributed by atoms with Crippen molar-refractivity contribution in [2.24, 2.45) is 5.92 Å². The van der Waals surface area contributed by atoms with E-state index in [0.717, 1.165) is 16.7 Å². The Morgan fingerprint density at radius 2 is 1.53 bits per heavy atom. The number of fused-ring (bicyclic) bond motifs is 1. The molecule has 1 saturated heterocycles. The van der Waals surface area contributed by atoms with Crippen molar-refractivity contribution >= 4 is 6.09 Å². The molecule has 0 unspecified atom stereocenters. The lowest BCUT2D eigenvalue weighted by Gasteiger charge is -2.52. The average molecular weight is 430 g/mol. The van der Waals surface area contributed by atoms with Gasteiger partial charge in [-0.1, -0.05) is 91.0 Å². The Morgan fingerprint density at radius 3 is 2.12 bits per heavy atom. The lowest BCUT2D eigenvalue weighted by atomic mass is 9.52. The van der Waals surface area contributed by atoms with Gasteiger partial charge in [-0.25, -0.2) is 4.79 Å². The molecule has 5 rings (SSSR count). The highest BCUT2D eigenvalue weighted by atomic mass is 16.6. The highest BCUT2D eigenvalue weighted by Gasteiger charge is 2.70. The van der Waals surface area contributed by atoms with Crippen LogP contribution in [0.5, 0.6) is 0 Å². The van der Waals surface area contributed by atoms with Gasteiger partial charge in [0.05, 0.1) is 24.8 Å². The maximum Gasteiger partial charge on any atom is 0.410 e. The molecule has 0 radical (unpaired) electrons. The third-order valence-corrected chi connectivity index (χ3v) is 7.17. The molecule has 5 heteroatoms. The van der Waals surface area contributed by atoms with Crippen molar-refractivity contribution in [3.63, 3.8) is 0 Å². The first-order chi connectivity index (χ1) is 15.7. The summed E-state index contributed by atoms with van der Waals surface area (Å²) in [6.45, 7) is -0.0523. The Morgan fingerprint density at radius 1 is 0.938 bits per heavy atom. The summed E-state index contributed by atoms with van der Waals surface area (Å²) in [6.07, 6.45) is -0.543. The Bertz CT molecular complexity index is 1060. The zero-order valence-corrected chi connectivity index (χ0v) is 17.7. The van der Waals surface area contributed by atoms with Gasteiger partial charge in [0.2, 0.25) is 0 Å². The van der Waals surface area contributed by atoms with Gasteiger partial charge in [0.15, 0.2) is 0 Å². The van der Waals surface area contributed by atoms with E-state index in [1.807, 2.05) is 91.0 Å². The van der Waals surface area contributed by atoms with Crippen molar-refractivity contribution in [1.82, 2.24) is 4.90 Å². The molecule has 1 amide bonds. The van der Waals surface area contributed by atoms with Gasteiger partial charge in [0.1, 0.15) is 6.61 Å². The predicted molar refractivity (Wildman–Crippen MR) is 121 cm³/mol. The van der Waals surface area contributed by atoms with Gasteiger partial charge < -0.3 is 14.9 Å². The topological polar surface area (TPSA) is 70.0 Å². The summed E-state index contributed by atoms with van der Waals surface area (Å²) in [6, 6.07) is 28.4. The normalized spacial score (nSPS) is 28.6. The molecule has 0 aromatic heterocycles. The molecule has 1 aliphatic carbocycles. The first-order valence-electron chi connectivity index (χ1n) is 11.0. The molecule has 0 bridgehead atoms. The van der Waals surface area contributed by atoms with Crippen LogP contribution < -0.4 is 0 Å². The summed E-state index contributed by atoms with van der Waals surface area (Å²) in [5.41, 5.74) is 2.34. The lowest BCUT2D eigenvalue weighted by Crippen LogP contribution is -2.59. The van der Waals surface area contributed by atoms with Crippen LogP contribution in [-0.4, -0.2) is 40.0 Å². The summed E-state index contributed by atoms with van der Waals surface area (Å²) in [7, 11) is 0. The molecule has 0 spiro atoms. The molecular weight excluding hydrogens is 402 g/mol. The highest BCUT2D eigenvalue weighted by molar-refractivity contribution is 5.71. The minimum Gasteiger partial charge on any atom is -0.445 e. The summed E-state index contributed by atoms with van der Waals surface area (Å²) >= 11 is 0. The van der Waals surface area contributed by atoms with E-state index in [2.05, 4.69) is 0 Å². The molecule has 2 N–H and O–H groups in total. The maximum atomic E-state index is 13.5. The fourth-order valence-electron chi connectivity index (χ4n) is 5.81. The number of aliphatic hydroxyl groups excluding tert-OH is 2. The van der Waals surface area contributed by atoms with Gasteiger partial charge in [0.25, 0.3) is 0 Å². The Balaban J connectivity index is 1.55. The minimum absolute atomic E-state index is 0.154. The van der Waals surface area contributed by atoms with E-state index in [4.69, 9.17) is 4.74 Å². The van der Waals surface area contributed by atoms with Gasteiger partial charge in [0, 0.05) is 11.3 Å². The van der Waals surface area contributed by atoms with Crippen LogP contribution in [0.25, 0.3) is 0 Å². The van der Waals surface area contributed by atoms with Crippen LogP contribution in [0.4, 0.5) is 4.79 Å². The largest absolute Gasteiger partial charge is 0.445 e.